The van der Waals surface area contributed by atoms with Crippen LogP contribution in [0, 0.1) is 10.8 Å². The fourth-order valence-corrected chi connectivity index (χ4v) is 6.17. The predicted molar refractivity (Wildman–Crippen MR) is 209 cm³/mol. The molecule has 0 saturated heterocycles. The lowest BCUT2D eigenvalue weighted by atomic mass is 9.95. The van der Waals surface area contributed by atoms with Crippen LogP contribution in [0.1, 0.15) is 75.7 Å². The van der Waals surface area contributed by atoms with Crippen molar-refractivity contribution in [2.45, 2.75) is 84.8 Å². The number of carbonyl (C=O) groups is 6. The molecule has 4 rings (SSSR count). The predicted octanol–water partition coefficient (Wildman–Crippen LogP) is 7.21. The molecule has 1 amide bonds. The van der Waals surface area contributed by atoms with Gasteiger partial charge in [-0.25, -0.2) is 14.4 Å². The second kappa shape index (κ2) is 19.1. The van der Waals surface area contributed by atoms with Gasteiger partial charge in [-0.2, -0.15) is 0 Å². The van der Waals surface area contributed by atoms with E-state index in [1.165, 1.54) is 69.0 Å². The second-order valence-corrected chi connectivity index (χ2v) is 17.3. The van der Waals surface area contributed by atoms with Crippen molar-refractivity contribution in [2.75, 3.05) is 13.2 Å². The zero-order valence-electron chi connectivity index (χ0n) is 32.4. The van der Waals surface area contributed by atoms with Crippen LogP contribution in [0.15, 0.2) is 77.5 Å². The van der Waals surface area contributed by atoms with E-state index in [1.807, 2.05) is 17.6 Å². The van der Waals surface area contributed by atoms with Crippen LogP contribution >= 0.6 is 23.1 Å². The Kier molecular flexibility index (Phi) is 14.9. The summed E-state index contributed by atoms with van der Waals surface area (Å²) in [6.07, 6.45) is 1.37. The largest absolute Gasteiger partial charge is 0.464 e. The highest BCUT2D eigenvalue weighted by Crippen LogP contribution is 2.34. The summed E-state index contributed by atoms with van der Waals surface area (Å²) in [6.45, 7) is 10.5. The lowest BCUT2D eigenvalue weighted by molar-refractivity contribution is -0.155. The Balaban J connectivity index is 1.58. The summed E-state index contributed by atoms with van der Waals surface area (Å²) in [5, 5.41) is 5.70. The molecule has 0 bridgehead atoms. The first-order valence-corrected chi connectivity index (χ1v) is 19.6. The quantitative estimate of drug-likeness (QED) is 0.0876. The maximum absolute atomic E-state index is 13.7. The van der Waals surface area contributed by atoms with Gasteiger partial charge in [-0.05, 0) is 95.0 Å². The standard InChI is InChI=1S/C41H47NO12S2/c1-39(2,3)54-38(48)42-28(33(43)49-23-26-13-9-8-10-14-26)21-27-17-18-29(52-36(46)40(4,5)24-50-34(44)31-15-11-19-55-31)30(22-27)53-37(47)41(6,7)25-51-35(45)32-16-12-20-56-32/h8-15,17-20,22,28,32H,16,21,23-25H2,1-7H3,(H,42,48)/t28-,32?/m0/s1. The summed E-state index contributed by atoms with van der Waals surface area (Å²) >= 11 is 2.53. The molecule has 13 nitrogen and oxygen atoms in total. The molecule has 0 radical (unpaired) electrons. The third-order valence-electron chi connectivity index (χ3n) is 7.97. The van der Waals surface area contributed by atoms with Gasteiger partial charge < -0.3 is 33.7 Å². The van der Waals surface area contributed by atoms with Crippen molar-refractivity contribution in [2.24, 2.45) is 10.8 Å². The van der Waals surface area contributed by atoms with Crippen molar-refractivity contribution in [3.05, 3.63) is 93.5 Å². The van der Waals surface area contributed by atoms with Gasteiger partial charge in [-0.3, -0.25) is 14.4 Å². The summed E-state index contributed by atoms with van der Waals surface area (Å²) in [5.74, 6) is -3.79. The molecule has 2 atom stereocenters. The van der Waals surface area contributed by atoms with Gasteiger partial charge in [-0.15, -0.1) is 23.1 Å². The van der Waals surface area contributed by atoms with Gasteiger partial charge in [0.2, 0.25) is 0 Å². The van der Waals surface area contributed by atoms with E-state index in [0.717, 1.165) is 5.56 Å². The number of thiophene rings is 1. The van der Waals surface area contributed by atoms with Crippen LogP contribution in [0.2, 0.25) is 0 Å². The fourth-order valence-electron chi connectivity index (χ4n) is 4.74. The Bertz CT molecular complexity index is 1890. The van der Waals surface area contributed by atoms with E-state index in [1.54, 1.807) is 62.5 Å². The topological polar surface area (TPSA) is 170 Å². The van der Waals surface area contributed by atoms with Crippen molar-refractivity contribution in [3.8, 4) is 11.5 Å². The number of thioether (sulfide) groups is 1. The van der Waals surface area contributed by atoms with E-state index in [2.05, 4.69) is 5.32 Å². The minimum atomic E-state index is -1.35. The van der Waals surface area contributed by atoms with Crippen molar-refractivity contribution in [1.29, 1.82) is 0 Å². The van der Waals surface area contributed by atoms with Gasteiger partial charge in [0.1, 0.15) is 41.6 Å². The SMILES string of the molecule is CC(C)(C)OC(=O)N[C@@H](Cc1ccc(OC(=O)C(C)(C)COC(=O)c2cccs2)c(OC(=O)C(C)(C)COC(=O)C2CC=CS2)c1)C(=O)OCc1ccccc1. The first-order chi connectivity index (χ1) is 26.3. The molecule has 0 spiro atoms. The Morgan fingerprint density at radius 2 is 1.43 bits per heavy atom. The smallest absolute Gasteiger partial charge is 0.408 e. The number of rotatable bonds is 16. The minimum Gasteiger partial charge on any atom is -0.464 e. The third kappa shape index (κ3) is 13.3. The van der Waals surface area contributed by atoms with Gasteiger partial charge in [-0.1, -0.05) is 48.5 Å². The maximum Gasteiger partial charge on any atom is 0.408 e. The van der Waals surface area contributed by atoms with Crippen molar-refractivity contribution >= 4 is 59.0 Å². The Labute approximate surface area is 334 Å². The number of nitrogens with one attached hydrogen (secondary N) is 1. The monoisotopic (exact) mass is 809 g/mol. The number of allylic oxidation sites excluding steroid dienone is 1. The van der Waals surface area contributed by atoms with Gasteiger partial charge in [0.25, 0.3) is 0 Å². The molecular weight excluding hydrogens is 763 g/mol. The molecule has 0 fully saturated rings. The number of carbonyl (C=O) groups excluding carboxylic acids is 6. The molecule has 1 aliphatic rings. The summed E-state index contributed by atoms with van der Waals surface area (Å²) in [6, 6.07) is 15.3. The van der Waals surface area contributed by atoms with E-state index in [0.29, 0.717) is 16.9 Å². The zero-order chi connectivity index (χ0) is 41.1. The lowest BCUT2D eigenvalue weighted by Gasteiger charge is -2.25. The molecule has 300 valence electrons. The van der Waals surface area contributed by atoms with E-state index < -0.39 is 63.7 Å². The third-order valence-corrected chi connectivity index (χ3v) is 9.88. The van der Waals surface area contributed by atoms with Crippen LogP contribution in [-0.4, -0.2) is 66.0 Å². The number of hydrogen-bond acceptors (Lipinski definition) is 14. The molecule has 0 aliphatic carbocycles. The zero-order valence-corrected chi connectivity index (χ0v) is 34.0. The van der Waals surface area contributed by atoms with Crippen LogP contribution in [0.3, 0.4) is 0 Å². The summed E-state index contributed by atoms with van der Waals surface area (Å²) in [5.41, 5.74) is -2.43. The first-order valence-electron chi connectivity index (χ1n) is 17.8. The van der Waals surface area contributed by atoms with Gasteiger partial charge in [0, 0.05) is 6.42 Å². The average molecular weight is 810 g/mol. The molecule has 1 aromatic heterocycles. The van der Waals surface area contributed by atoms with Crippen LogP contribution < -0.4 is 14.8 Å². The number of amides is 1. The van der Waals surface area contributed by atoms with Crippen molar-refractivity contribution < 1.29 is 57.2 Å². The summed E-state index contributed by atoms with van der Waals surface area (Å²) in [7, 11) is 0. The van der Waals surface area contributed by atoms with E-state index in [9.17, 15) is 28.8 Å². The number of esters is 5. The molecule has 2 heterocycles. The molecule has 0 saturated carbocycles. The van der Waals surface area contributed by atoms with Crippen LogP contribution in [0.4, 0.5) is 4.79 Å². The van der Waals surface area contributed by atoms with Crippen LogP contribution in [0.25, 0.3) is 0 Å². The van der Waals surface area contributed by atoms with Gasteiger partial charge in [0.05, 0.1) is 10.8 Å². The van der Waals surface area contributed by atoms with Crippen molar-refractivity contribution in [1.82, 2.24) is 5.32 Å². The highest BCUT2D eigenvalue weighted by atomic mass is 32.2. The number of ether oxygens (including phenoxy) is 6. The van der Waals surface area contributed by atoms with E-state index in [-0.39, 0.29) is 37.7 Å². The normalized spacial score (nSPS) is 14.6. The van der Waals surface area contributed by atoms with Gasteiger partial charge in [0.15, 0.2) is 11.5 Å². The molecule has 15 heteroatoms. The minimum absolute atomic E-state index is 0.0576. The molecule has 1 aliphatic heterocycles. The molecule has 1 N–H and O–H groups in total. The molecular formula is C41H47NO12S2. The van der Waals surface area contributed by atoms with E-state index in [4.69, 9.17) is 28.4 Å². The fraction of sp³-hybridized carbons (Fsp3) is 0.415. The Morgan fingerprint density at radius 3 is 2.04 bits per heavy atom. The maximum atomic E-state index is 13.7. The number of benzene rings is 2. The Morgan fingerprint density at radius 1 is 0.768 bits per heavy atom. The van der Waals surface area contributed by atoms with Crippen LogP contribution in [0.5, 0.6) is 11.5 Å². The lowest BCUT2D eigenvalue weighted by Crippen LogP contribution is -2.45. The summed E-state index contributed by atoms with van der Waals surface area (Å²) < 4.78 is 33.4. The first kappa shape index (κ1) is 43.6. The highest BCUT2D eigenvalue weighted by Gasteiger charge is 2.36. The van der Waals surface area contributed by atoms with Gasteiger partial charge >= 0.3 is 35.9 Å². The van der Waals surface area contributed by atoms with Crippen LogP contribution in [-0.2, 0) is 51.2 Å². The van der Waals surface area contributed by atoms with Crippen molar-refractivity contribution in [3.63, 3.8) is 0 Å². The molecule has 56 heavy (non-hydrogen) atoms. The number of hydrogen-bond donors (Lipinski definition) is 1. The second-order valence-electron chi connectivity index (χ2n) is 15.2. The Hall–Kier alpha value is -5.15. The molecule has 1 unspecified atom stereocenters. The van der Waals surface area contributed by atoms with E-state index >= 15 is 0 Å². The summed E-state index contributed by atoms with van der Waals surface area (Å²) in [4.78, 5) is 78.9. The molecule has 2 aromatic carbocycles. The molecule has 3 aromatic rings. The average Bonchev–Trinajstić information content (AvgIpc) is 3.88. The highest BCUT2D eigenvalue weighted by molar-refractivity contribution is 8.03. The number of alkyl carbamates (subject to hydrolysis) is 1.